The SMILES string of the molecule is COc1ccc(CN2CCN(C(=O)C(N)c3ccccc3)CC2)cc1F. The Bertz CT molecular complexity index is 746. The van der Waals surface area contributed by atoms with E-state index in [0.29, 0.717) is 19.6 Å². The molecule has 1 unspecified atom stereocenters. The van der Waals surface area contributed by atoms with E-state index in [0.717, 1.165) is 24.2 Å². The van der Waals surface area contributed by atoms with Gasteiger partial charge in [-0.25, -0.2) is 4.39 Å². The van der Waals surface area contributed by atoms with Gasteiger partial charge in [-0.1, -0.05) is 36.4 Å². The van der Waals surface area contributed by atoms with Crippen LogP contribution in [0.5, 0.6) is 5.75 Å². The van der Waals surface area contributed by atoms with Gasteiger partial charge in [0.15, 0.2) is 11.6 Å². The fourth-order valence-corrected chi connectivity index (χ4v) is 3.19. The van der Waals surface area contributed by atoms with Gasteiger partial charge in [-0.3, -0.25) is 9.69 Å². The number of halogens is 1. The first-order valence-corrected chi connectivity index (χ1v) is 8.72. The molecule has 2 aromatic carbocycles. The molecule has 0 aliphatic carbocycles. The molecule has 1 amide bonds. The van der Waals surface area contributed by atoms with Crippen LogP contribution in [0.1, 0.15) is 17.2 Å². The van der Waals surface area contributed by atoms with Gasteiger partial charge in [0.1, 0.15) is 6.04 Å². The third-order valence-electron chi connectivity index (χ3n) is 4.73. The fourth-order valence-electron chi connectivity index (χ4n) is 3.19. The monoisotopic (exact) mass is 357 g/mol. The molecule has 1 fully saturated rings. The fraction of sp³-hybridized carbons (Fsp3) is 0.350. The summed E-state index contributed by atoms with van der Waals surface area (Å²) < 4.78 is 18.8. The van der Waals surface area contributed by atoms with Crippen molar-refractivity contribution in [1.82, 2.24) is 9.80 Å². The van der Waals surface area contributed by atoms with Gasteiger partial charge >= 0.3 is 0 Å². The second kappa shape index (κ2) is 8.29. The molecule has 0 saturated carbocycles. The minimum absolute atomic E-state index is 0.0497. The number of carbonyl (C=O) groups is 1. The van der Waals surface area contributed by atoms with Gasteiger partial charge in [0.25, 0.3) is 0 Å². The van der Waals surface area contributed by atoms with Crippen molar-refractivity contribution in [3.05, 3.63) is 65.5 Å². The normalized spacial score (nSPS) is 16.3. The van der Waals surface area contributed by atoms with Crippen molar-refractivity contribution in [3.8, 4) is 5.75 Å². The second-order valence-electron chi connectivity index (χ2n) is 6.46. The minimum atomic E-state index is -0.626. The largest absolute Gasteiger partial charge is 0.494 e. The first-order valence-electron chi connectivity index (χ1n) is 8.72. The van der Waals surface area contributed by atoms with Crippen LogP contribution in [0.15, 0.2) is 48.5 Å². The smallest absolute Gasteiger partial charge is 0.244 e. The zero-order valence-electron chi connectivity index (χ0n) is 14.9. The van der Waals surface area contributed by atoms with Gasteiger partial charge in [-0.05, 0) is 23.3 Å². The van der Waals surface area contributed by atoms with E-state index in [1.807, 2.05) is 41.3 Å². The quantitative estimate of drug-likeness (QED) is 0.891. The number of carbonyl (C=O) groups excluding carboxylic acids is 1. The number of amides is 1. The van der Waals surface area contributed by atoms with Gasteiger partial charge in [-0.2, -0.15) is 0 Å². The van der Waals surface area contributed by atoms with E-state index in [-0.39, 0.29) is 17.5 Å². The number of hydrogen-bond donors (Lipinski definition) is 1. The Morgan fingerprint density at radius 2 is 1.85 bits per heavy atom. The van der Waals surface area contributed by atoms with Gasteiger partial charge < -0.3 is 15.4 Å². The maximum atomic E-state index is 13.8. The lowest BCUT2D eigenvalue weighted by Crippen LogP contribution is -2.50. The molecule has 1 aliphatic heterocycles. The van der Waals surface area contributed by atoms with Crippen LogP contribution in [-0.4, -0.2) is 49.0 Å². The molecule has 1 aliphatic rings. The van der Waals surface area contributed by atoms with Crippen molar-refractivity contribution in [1.29, 1.82) is 0 Å². The first-order chi connectivity index (χ1) is 12.6. The van der Waals surface area contributed by atoms with Crippen molar-refractivity contribution in [2.24, 2.45) is 5.73 Å². The predicted octanol–water partition coefficient (Wildman–Crippen LogP) is 2.18. The third kappa shape index (κ3) is 4.20. The molecule has 6 heteroatoms. The molecule has 5 nitrogen and oxygen atoms in total. The summed E-state index contributed by atoms with van der Waals surface area (Å²) in [4.78, 5) is 16.6. The summed E-state index contributed by atoms with van der Waals surface area (Å²) in [6.07, 6.45) is 0. The van der Waals surface area contributed by atoms with Crippen molar-refractivity contribution < 1.29 is 13.9 Å². The Kier molecular flexibility index (Phi) is 5.85. The highest BCUT2D eigenvalue weighted by molar-refractivity contribution is 5.83. The molecule has 0 radical (unpaired) electrons. The highest BCUT2D eigenvalue weighted by atomic mass is 19.1. The van der Waals surface area contributed by atoms with Crippen molar-refractivity contribution >= 4 is 5.91 Å². The molecule has 0 bridgehead atoms. The highest BCUT2D eigenvalue weighted by Gasteiger charge is 2.26. The number of methoxy groups -OCH3 is 1. The lowest BCUT2D eigenvalue weighted by atomic mass is 10.1. The van der Waals surface area contributed by atoms with Gasteiger partial charge in [0, 0.05) is 32.7 Å². The minimum Gasteiger partial charge on any atom is -0.494 e. The maximum Gasteiger partial charge on any atom is 0.244 e. The molecular weight excluding hydrogens is 333 g/mol. The lowest BCUT2D eigenvalue weighted by molar-refractivity contribution is -0.134. The Labute approximate surface area is 153 Å². The van der Waals surface area contributed by atoms with Crippen LogP contribution >= 0.6 is 0 Å². The molecule has 2 aromatic rings. The molecule has 138 valence electrons. The summed E-state index contributed by atoms with van der Waals surface area (Å²) in [6.45, 7) is 3.37. The molecule has 0 aromatic heterocycles. The average molecular weight is 357 g/mol. The van der Waals surface area contributed by atoms with E-state index in [1.165, 1.54) is 13.2 Å². The molecule has 1 saturated heterocycles. The van der Waals surface area contributed by atoms with E-state index in [4.69, 9.17) is 10.5 Å². The number of nitrogens with two attached hydrogens (primary N) is 1. The van der Waals surface area contributed by atoms with Gasteiger partial charge in [-0.15, -0.1) is 0 Å². The Balaban J connectivity index is 1.54. The van der Waals surface area contributed by atoms with E-state index in [9.17, 15) is 9.18 Å². The summed E-state index contributed by atoms with van der Waals surface area (Å²) in [7, 11) is 1.45. The average Bonchev–Trinajstić information content (AvgIpc) is 2.68. The van der Waals surface area contributed by atoms with Crippen LogP contribution in [0.2, 0.25) is 0 Å². The Hall–Kier alpha value is -2.44. The van der Waals surface area contributed by atoms with Crippen molar-refractivity contribution in [3.63, 3.8) is 0 Å². The van der Waals surface area contributed by atoms with E-state index < -0.39 is 6.04 Å². The van der Waals surface area contributed by atoms with Crippen LogP contribution in [0, 0.1) is 5.82 Å². The van der Waals surface area contributed by atoms with Crippen LogP contribution in [-0.2, 0) is 11.3 Å². The molecule has 2 N–H and O–H groups in total. The maximum absolute atomic E-state index is 13.8. The predicted molar refractivity (Wildman–Crippen MR) is 98.2 cm³/mol. The molecule has 3 rings (SSSR count). The van der Waals surface area contributed by atoms with Crippen molar-refractivity contribution in [2.45, 2.75) is 12.6 Å². The number of benzene rings is 2. The molecule has 26 heavy (non-hydrogen) atoms. The van der Waals surface area contributed by atoms with Crippen LogP contribution in [0.25, 0.3) is 0 Å². The first kappa shape index (κ1) is 18.4. The Morgan fingerprint density at radius 1 is 1.15 bits per heavy atom. The number of nitrogens with zero attached hydrogens (tertiary/aromatic N) is 2. The third-order valence-corrected chi connectivity index (χ3v) is 4.73. The summed E-state index contributed by atoms with van der Waals surface area (Å²) in [5, 5.41) is 0. The van der Waals surface area contributed by atoms with E-state index in [1.54, 1.807) is 6.07 Å². The van der Waals surface area contributed by atoms with E-state index >= 15 is 0 Å². The van der Waals surface area contributed by atoms with E-state index in [2.05, 4.69) is 4.90 Å². The summed E-state index contributed by atoms with van der Waals surface area (Å²) in [5.74, 6) is -0.155. The summed E-state index contributed by atoms with van der Waals surface area (Å²) >= 11 is 0. The Morgan fingerprint density at radius 3 is 2.46 bits per heavy atom. The summed E-state index contributed by atoms with van der Waals surface area (Å²) in [6, 6.07) is 13.8. The van der Waals surface area contributed by atoms with Gasteiger partial charge in [0.2, 0.25) is 5.91 Å². The number of hydrogen-bond acceptors (Lipinski definition) is 4. The number of piperazine rings is 1. The van der Waals surface area contributed by atoms with Crippen LogP contribution < -0.4 is 10.5 Å². The van der Waals surface area contributed by atoms with Crippen LogP contribution in [0.4, 0.5) is 4.39 Å². The molecule has 1 heterocycles. The molecule has 0 spiro atoms. The lowest BCUT2D eigenvalue weighted by Gasteiger charge is -2.36. The summed E-state index contributed by atoms with van der Waals surface area (Å²) in [5.41, 5.74) is 7.83. The van der Waals surface area contributed by atoms with Crippen LogP contribution in [0.3, 0.4) is 0 Å². The molecular formula is C20H24FN3O2. The number of ether oxygens (including phenoxy) is 1. The zero-order valence-corrected chi connectivity index (χ0v) is 14.9. The molecule has 1 atom stereocenters. The highest BCUT2D eigenvalue weighted by Crippen LogP contribution is 2.20. The van der Waals surface area contributed by atoms with Gasteiger partial charge in [0.05, 0.1) is 7.11 Å². The standard InChI is InChI=1S/C20H24FN3O2/c1-26-18-8-7-15(13-17(18)21)14-23-9-11-24(12-10-23)20(25)19(22)16-5-3-2-4-6-16/h2-8,13,19H,9-12,14,22H2,1H3. The van der Waals surface area contributed by atoms with Crippen molar-refractivity contribution in [2.75, 3.05) is 33.3 Å². The zero-order chi connectivity index (χ0) is 18.5. The topological polar surface area (TPSA) is 58.8 Å². The number of rotatable bonds is 5. The second-order valence-corrected chi connectivity index (χ2v) is 6.46.